The van der Waals surface area contributed by atoms with Gasteiger partial charge in [-0.25, -0.2) is 4.79 Å². The second kappa shape index (κ2) is 6.05. The summed E-state index contributed by atoms with van der Waals surface area (Å²) in [5.41, 5.74) is 1.83. The van der Waals surface area contributed by atoms with Crippen molar-refractivity contribution in [2.75, 3.05) is 0 Å². The van der Waals surface area contributed by atoms with Crippen LogP contribution in [0.15, 0.2) is 78.1 Å². The van der Waals surface area contributed by atoms with Gasteiger partial charge < -0.3 is 0 Å². The normalized spacial score (nSPS) is 11.0. The maximum atomic E-state index is 12.3. The summed E-state index contributed by atoms with van der Waals surface area (Å²) in [5, 5.41) is 0. The molecule has 104 valence electrons. The standard InChI is InChI=1S/C17H15N3O/c21-17-19(11-5-8-15-6-2-1-3-7-15)12-13-20(17)16-9-4-10-18-14-16/h1-10,12-14H,11H2/b8-5+. The van der Waals surface area contributed by atoms with Gasteiger partial charge in [-0.2, -0.15) is 0 Å². The first kappa shape index (κ1) is 13.1. The number of hydrogen-bond donors (Lipinski definition) is 0. The number of nitrogens with zero attached hydrogens (tertiary/aromatic N) is 3. The Balaban J connectivity index is 1.78. The molecule has 0 aliphatic carbocycles. The van der Waals surface area contributed by atoms with Gasteiger partial charge in [0, 0.05) is 25.1 Å². The number of hydrogen-bond acceptors (Lipinski definition) is 2. The first-order valence-corrected chi connectivity index (χ1v) is 6.74. The van der Waals surface area contributed by atoms with Crippen molar-refractivity contribution in [3.63, 3.8) is 0 Å². The molecule has 21 heavy (non-hydrogen) atoms. The molecule has 0 spiro atoms. The van der Waals surface area contributed by atoms with Crippen LogP contribution in [0.25, 0.3) is 11.8 Å². The largest absolute Gasteiger partial charge is 0.333 e. The van der Waals surface area contributed by atoms with Crippen LogP contribution in [0.1, 0.15) is 5.56 Å². The van der Waals surface area contributed by atoms with Crippen LogP contribution in [0.4, 0.5) is 0 Å². The summed E-state index contributed by atoms with van der Waals surface area (Å²) < 4.78 is 3.25. The Morgan fingerprint density at radius 1 is 1.05 bits per heavy atom. The summed E-state index contributed by atoms with van der Waals surface area (Å²) in [6.07, 6.45) is 10.9. The first-order chi connectivity index (χ1) is 10.3. The van der Waals surface area contributed by atoms with Crippen LogP contribution in [0, 0.1) is 0 Å². The molecule has 4 heteroatoms. The summed E-state index contributed by atoms with van der Waals surface area (Å²) >= 11 is 0. The highest BCUT2D eigenvalue weighted by molar-refractivity contribution is 5.48. The molecule has 3 rings (SSSR count). The number of rotatable bonds is 4. The minimum absolute atomic E-state index is 0.0688. The van der Waals surface area contributed by atoms with Crippen molar-refractivity contribution in [2.24, 2.45) is 0 Å². The third kappa shape index (κ3) is 3.00. The van der Waals surface area contributed by atoms with Crippen LogP contribution < -0.4 is 5.69 Å². The lowest BCUT2D eigenvalue weighted by molar-refractivity contribution is 0.760. The second-order valence-corrected chi connectivity index (χ2v) is 4.63. The van der Waals surface area contributed by atoms with Gasteiger partial charge in [0.05, 0.1) is 11.9 Å². The smallest absolute Gasteiger partial charge is 0.295 e. The first-order valence-electron chi connectivity index (χ1n) is 6.74. The third-order valence-electron chi connectivity index (χ3n) is 3.18. The van der Waals surface area contributed by atoms with Gasteiger partial charge in [-0.05, 0) is 17.7 Å². The Morgan fingerprint density at radius 3 is 2.67 bits per heavy atom. The minimum atomic E-state index is -0.0688. The maximum Gasteiger partial charge on any atom is 0.333 e. The highest BCUT2D eigenvalue weighted by atomic mass is 16.1. The van der Waals surface area contributed by atoms with E-state index in [1.807, 2.05) is 54.6 Å². The quantitative estimate of drug-likeness (QED) is 0.735. The molecule has 0 saturated heterocycles. The van der Waals surface area contributed by atoms with Crippen molar-refractivity contribution in [1.82, 2.24) is 14.1 Å². The average Bonchev–Trinajstić information content (AvgIpc) is 2.90. The minimum Gasteiger partial charge on any atom is -0.295 e. The lowest BCUT2D eigenvalue weighted by Crippen LogP contribution is -2.22. The average molecular weight is 277 g/mol. The van der Waals surface area contributed by atoms with E-state index in [1.54, 1.807) is 33.9 Å². The van der Waals surface area contributed by atoms with E-state index in [0.717, 1.165) is 11.3 Å². The molecule has 0 radical (unpaired) electrons. The van der Waals surface area contributed by atoms with Crippen molar-refractivity contribution in [3.05, 3.63) is 89.4 Å². The zero-order valence-corrected chi connectivity index (χ0v) is 11.5. The maximum absolute atomic E-state index is 12.3. The molecule has 0 atom stereocenters. The van der Waals surface area contributed by atoms with Gasteiger partial charge in [0.25, 0.3) is 0 Å². The number of allylic oxidation sites excluding steroid dienone is 1. The SMILES string of the molecule is O=c1n(C/C=C/c2ccccc2)ccn1-c1cccnc1. The van der Waals surface area contributed by atoms with Gasteiger partial charge in [0.2, 0.25) is 0 Å². The van der Waals surface area contributed by atoms with Gasteiger partial charge in [-0.3, -0.25) is 14.1 Å². The monoisotopic (exact) mass is 277 g/mol. The summed E-state index contributed by atoms with van der Waals surface area (Å²) in [6, 6.07) is 13.7. The number of pyridine rings is 1. The van der Waals surface area contributed by atoms with Crippen LogP contribution in [0.2, 0.25) is 0 Å². The molecule has 2 aromatic heterocycles. The van der Waals surface area contributed by atoms with Gasteiger partial charge in [-0.15, -0.1) is 0 Å². The summed E-state index contributed by atoms with van der Waals surface area (Å²) in [6.45, 7) is 0.543. The Bertz CT molecular complexity index is 786. The van der Waals surface area contributed by atoms with E-state index in [4.69, 9.17) is 0 Å². The van der Waals surface area contributed by atoms with Crippen molar-refractivity contribution in [2.45, 2.75) is 6.54 Å². The number of imidazole rings is 1. The van der Waals surface area contributed by atoms with Gasteiger partial charge in [0.15, 0.2) is 0 Å². The zero-order valence-electron chi connectivity index (χ0n) is 11.5. The Morgan fingerprint density at radius 2 is 1.90 bits per heavy atom. The van der Waals surface area contributed by atoms with Crippen LogP contribution >= 0.6 is 0 Å². The molecule has 3 aromatic rings. The molecule has 2 heterocycles. The lowest BCUT2D eigenvalue weighted by atomic mass is 10.2. The van der Waals surface area contributed by atoms with Crippen molar-refractivity contribution in [1.29, 1.82) is 0 Å². The molecule has 0 amide bonds. The molecule has 4 nitrogen and oxygen atoms in total. The highest BCUT2D eigenvalue weighted by Crippen LogP contribution is 2.03. The van der Waals surface area contributed by atoms with E-state index in [2.05, 4.69) is 4.98 Å². The summed E-state index contributed by atoms with van der Waals surface area (Å²) in [4.78, 5) is 16.3. The molecule has 0 N–H and O–H groups in total. The van der Waals surface area contributed by atoms with Crippen molar-refractivity contribution in [3.8, 4) is 5.69 Å². The highest BCUT2D eigenvalue weighted by Gasteiger charge is 2.03. The van der Waals surface area contributed by atoms with E-state index in [0.29, 0.717) is 6.54 Å². The molecule has 0 saturated carbocycles. The Hall–Kier alpha value is -2.88. The van der Waals surface area contributed by atoms with Crippen molar-refractivity contribution >= 4 is 6.08 Å². The predicted molar refractivity (Wildman–Crippen MR) is 83.3 cm³/mol. The van der Waals surface area contributed by atoms with Gasteiger partial charge in [-0.1, -0.05) is 42.5 Å². The van der Waals surface area contributed by atoms with E-state index in [9.17, 15) is 4.79 Å². The molecule has 0 bridgehead atoms. The Labute approximate surface area is 122 Å². The van der Waals surface area contributed by atoms with E-state index in [-0.39, 0.29) is 5.69 Å². The second-order valence-electron chi connectivity index (χ2n) is 4.63. The molecule has 0 fully saturated rings. The van der Waals surface area contributed by atoms with Crippen LogP contribution in [0.5, 0.6) is 0 Å². The van der Waals surface area contributed by atoms with Gasteiger partial charge in [0.1, 0.15) is 0 Å². The number of aromatic nitrogens is 3. The summed E-state index contributed by atoms with van der Waals surface area (Å²) in [5.74, 6) is 0. The van der Waals surface area contributed by atoms with Crippen LogP contribution in [0.3, 0.4) is 0 Å². The topological polar surface area (TPSA) is 39.8 Å². The molecule has 1 aromatic carbocycles. The van der Waals surface area contributed by atoms with E-state index < -0.39 is 0 Å². The summed E-state index contributed by atoms with van der Waals surface area (Å²) in [7, 11) is 0. The molecule has 0 unspecified atom stereocenters. The van der Waals surface area contributed by atoms with E-state index >= 15 is 0 Å². The fourth-order valence-electron chi connectivity index (χ4n) is 2.11. The lowest BCUT2D eigenvalue weighted by Gasteiger charge is -1.99. The van der Waals surface area contributed by atoms with Crippen LogP contribution in [-0.2, 0) is 6.54 Å². The molecular formula is C17H15N3O. The van der Waals surface area contributed by atoms with Crippen molar-refractivity contribution < 1.29 is 0 Å². The zero-order chi connectivity index (χ0) is 14.5. The molecule has 0 aliphatic heterocycles. The number of benzene rings is 1. The fraction of sp³-hybridized carbons (Fsp3) is 0.0588. The molecular weight excluding hydrogens is 262 g/mol. The molecule has 0 aliphatic rings. The van der Waals surface area contributed by atoms with Crippen LogP contribution in [-0.4, -0.2) is 14.1 Å². The fourth-order valence-corrected chi connectivity index (χ4v) is 2.11. The van der Waals surface area contributed by atoms with Gasteiger partial charge >= 0.3 is 5.69 Å². The third-order valence-corrected chi connectivity index (χ3v) is 3.18. The Kier molecular flexibility index (Phi) is 3.78. The van der Waals surface area contributed by atoms with E-state index in [1.165, 1.54) is 0 Å². The predicted octanol–water partition coefficient (Wildman–Crippen LogP) is 2.75.